The van der Waals surface area contributed by atoms with E-state index >= 15 is 0 Å². The summed E-state index contributed by atoms with van der Waals surface area (Å²) in [5.41, 5.74) is 2.26. The van der Waals surface area contributed by atoms with Crippen LogP contribution in [0.2, 0.25) is 0 Å². The van der Waals surface area contributed by atoms with Crippen LogP contribution in [0, 0.1) is 0 Å². The number of amides is 2. The van der Waals surface area contributed by atoms with Gasteiger partial charge in [-0.2, -0.15) is 0 Å². The molecule has 2 amide bonds. The lowest BCUT2D eigenvalue weighted by Gasteiger charge is -2.31. The van der Waals surface area contributed by atoms with E-state index in [1.54, 1.807) is 0 Å². The standard InChI is InChI=1S/C19H29N3O2/c1-3-11-20-18(23)14-21(12-4-2)15-19(24)22-13-7-9-16-8-5-6-10-17(16)22/h5-6,8,10H,3-4,7,9,11-15H2,1-2H3,(H,20,23). The molecule has 5 heteroatoms. The van der Waals surface area contributed by atoms with Gasteiger partial charge in [-0.3, -0.25) is 14.5 Å². The van der Waals surface area contributed by atoms with E-state index in [0.29, 0.717) is 13.1 Å². The molecule has 1 aromatic rings. The molecule has 1 aliphatic rings. The van der Waals surface area contributed by atoms with E-state index in [-0.39, 0.29) is 18.4 Å². The van der Waals surface area contributed by atoms with Gasteiger partial charge in [0.1, 0.15) is 0 Å². The second kappa shape index (κ2) is 9.42. The van der Waals surface area contributed by atoms with Crippen LogP contribution >= 0.6 is 0 Å². The number of hydrogen-bond donors (Lipinski definition) is 1. The zero-order chi connectivity index (χ0) is 17.4. The lowest BCUT2D eigenvalue weighted by atomic mass is 10.0. The van der Waals surface area contributed by atoms with Crippen LogP contribution in [0.3, 0.4) is 0 Å². The number of anilines is 1. The molecule has 0 unspecified atom stereocenters. The van der Waals surface area contributed by atoms with E-state index < -0.39 is 0 Å². The molecule has 0 bridgehead atoms. The van der Waals surface area contributed by atoms with Gasteiger partial charge in [0, 0.05) is 18.8 Å². The molecule has 0 saturated carbocycles. The van der Waals surface area contributed by atoms with Gasteiger partial charge in [-0.25, -0.2) is 0 Å². The Bertz CT molecular complexity index is 559. The van der Waals surface area contributed by atoms with Crippen LogP contribution in [0.15, 0.2) is 24.3 Å². The summed E-state index contributed by atoms with van der Waals surface area (Å²) in [6.07, 6.45) is 3.86. The van der Waals surface area contributed by atoms with Crippen molar-refractivity contribution in [1.29, 1.82) is 0 Å². The fourth-order valence-corrected chi connectivity index (χ4v) is 3.12. The van der Waals surface area contributed by atoms with E-state index in [2.05, 4.69) is 18.3 Å². The fourth-order valence-electron chi connectivity index (χ4n) is 3.12. The Kier molecular flexibility index (Phi) is 7.25. The second-order valence-corrected chi connectivity index (χ2v) is 6.34. The Labute approximate surface area is 145 Å². The van der Waals surface area contributed by atoms with Crippen LogP contribution in [0.25, 0.3) is 0 Å². The molecule has 1 aliphatic heterocycles. The number of carbonyl (C=O) groups is 2. The highest BCUT2D eigenvalue weighted by molar-refractivity contribution is 5.96. The van der Waals surface area contributed by atoms with Crippen LogP contribution in [0.4, 0.5) is 5.69 Å². The molecule has 0 atom stereocenters. The van der Waals surface area contributed by atoms with E-state index in [4.69, 9.17) is 0 Å². The molecule has 24 heavy (non-hydrogen) atoms. The first kappa shape index (κ1) is 18.5. The summed E-state index contributed by atoms with van der Waals surface area (Å²) >= 11 is 0. The Hall–Kier alpha value is -1.88. The monoisotopic (exact) mass is 331 g/mol. The maximum atomic E-state index is 12.8. The van der Waals surface area contributed by atoms with Gasteiger partial charge in [-0.15, -0.1) is 0 Å². The van der Waals surface area contributed by atoms with Gasteiger partial charge in [0.05, 0.1) is 13.1 Å². The second-order valence-electron chi connectivity index (χ2n) is 6.34. The zero-order valence-corrected chi connectivity index (χ0v) is 14.9. The molecule has 2 rings (SSSR count). The number of carbonyl (C=O) groups excluding carboxylic acids is 2. The predicted octanol–water partition coefficient (Wildman–Crippen LogP) is 2.20. The van der Waals surface area contributed by atoms with Gasteiger partial charge in [-0.05, 0) is 43.9 Å². The van der Waals surface area contributed by atoms with Crippen LogP contribution in [-0.4, -0.2) is 49.4 Å². The van der Waals surface area contributed by atoms with Crippen LogP contribution in [0.1, 0.15) is 38.7 Å². The smallest absolute Gasteiger partial charge is 0.241 e. The normalized spacial score (nSPS) is 13.7. The van der Waals surface area contributed by atoms with Gasteiger partial charge in [0.25, 0.3) is 0 Å². The predicted molar refractivity (Wildman–Crippen MR) is 97.1 cm³/mol. The third-order valence-corrected chi connectivity index (χ3v) is 4.25. The van der Waals surface area contributed by atoms with Crippen molar-refractivity contribution in [2.24, 2.45) is 0 Å². The first-order chi connectivity index (χ1) is 11.7. The number of para-hydroxylation sites is 1. The molecular formula is C19H29N3O2. The number of benzene rings is 1. The quantitative estimate of drug-likeness (QED) is 0.794. The summed E-state index contributed by atoms with van der Waals surface area (Å²) in [6, 6.07) is 8.11. The van der Waals surface area contributed by atoms with Crippen molar-refractivity contribution in [3.63, 3.8) is 0 Å². The highest BCUT2D eigenvalue weighted by Gasteiger charge is 2.24. The van der Waals surface area contributed by atoms with Gasteiger partial charge in [-0.1, -0.05) is 32.0 Å². The molecule has 0 saturated heterocycles. The number of fused-ring (bicyclic) bond motifs is 1. The van der Waals surface area contributed by atoms with E-state index in [1.165, 1.54) is 5.56 Å². The Morgan fingerprint density at radius 1 is 1.17 bits per heavy atom. The number of rotatable bonds is 8. The Morgan fingerprint density at radius 3 is 2.71 bits per heavy atom. The van der Waals surface area contributed by atoms with E-state index in [9.17, 15) is 9.59 Å². The Morgan fingerprint density at radius 2 is 1.96 bits per heavy atom. The van der Waals surface area contributed by atoms with Crippen molar-refractivity contribution in [2.75, 3.05) is 37.6 Å². The molecule has 1 heterocycles. The van der Waals surface area contributed by atoms with Crippen LogP contribution in [-0.2, 0) is 16.0 Å². The summed E-state index contributed by atoms with van der Waals surface area (Å²) in [7, 11) is 0. The zero-order valence-electron chi connectivity index (χ0n) is 14.9. The van der Waals surface area contributed by atoms with Crippen molar-refractivity contribution < 1.29 is 9.59 Å². The summed E-state index contributed by atoms with van der Waals surface area (Å²) in [4.78, 5) is 28.6. The molecule has 0 fully saturated rings. The average Bonchev–Trinajstić information content (AvgIpc) is 2.59. The van der Waals surface area contributed by atoms with Gasteiger partial charge in [0.15, 0.2) is 0 Å². The van der Waals surface area contributed by atoms with Gasteiger partial charge < -0.3 is 10.2 Å². The van der Waals surface area contributed by atoms with E-state index in [1.807, 2.05) is 34.9 Å². The van der Waals surface area contributed by atoms with Crippen LogP contribution < -0.4 is 10.2 Å². The third kappa shape index (κ3) is 5.06. The topological polar surface area (TPSA) is 52.7 Å². The van der Waals surface area contributed by atoms with Crippen molar-refractivity contribution in [1.82, 2.24) is 10.2 Å². The number of hydrogen-bond acceptors (Lipinski definition) is 3. The minimum atomic E-state index is -0.00264. The lowest BCUT2D eigenvalue weighted by Crippen LogP contribution is -2.46. The van der Waals surface area contributed by atoms with Gasteiger partial charge in [0.2, 0.25) is 11.8 Å². The first-order valence-electron chi connectivity index (χ1n) is 9.03. The molecule has 0 aliphatic carbocycles. The molecule has 0 aromatic heterocycles. The largest absolute Gasteiger partial charge is 0.355 e. The van der Waals surface area contributed by atoms with Gasteiger partial charge >= 0.3 is 0 Å². The molecule has 1 N–H and O–H groups in total. The van der Waals surface area contributed by atoms with Crippen molar-refractivity contribution in [3.05, 3.63) is 29.8 Å². The third-order valence-electron chi connectivity index (χ3n) is 4.25. The average molecular weight is 331 g/mol. The lowest BCUT2D eigenvalue weighted by molar-refractivity contribution is -0.124. The summed E-state index contributed by atoms with van der Waals surface area (Å²) in [6.45, 7) is 6.88. The van der Waals surface area contributed by atoms with Crippen molar-refractivity contribution in [2.45, 2.75) is 39.5 Å². The molecule has 0 spiro atoms. The van der Waals surface area contributed by atoms with Crippen molar-refractivity contribution in [3.8, 4) is 0 Å². The maximum absolute atomic E-state index is 12.8. The fraction of sp³-hybridized carbons (Fsp3) is 0.579. The number of aryl methyl sites for hydroxylation is 1. The molecule has 1 aromatic carbocycles. The maximum Gasteiger partial charge on any atom is 0.241 e. The summed E-state index contributed by atoms with van der Waals surface area (Å²) < 4.78 is 0. The summed E-state index contributed by atoms with van der Waals surface area (Å²) in [5, 5.41) is 2.88. The van der Waals surface area contributed by atoms with Crippen molar-refractivity contribution >= 4 is 17.5 Å². The Balaban J connectivity index is 1.99. The number of nitrogens with one attached hydrogen (secondary N) is 1. The number of nitrogens with zero attached hydrogens (tertiary/aromatic N) is 2. The van der Waals surface area contributed by atoms with E-state index in [0.717, 1.165) is 44.5 Å². The van der Waals surface area contributed by atoms with Crippen LogP contribution in [0.5, 0.6) is 0 Å². The minimum Gasteiger partial charge on any atom is -0.355 e. The minimum absolute atomic E-state index is 0.00264. The first-order valence-corrected chi connectivity index (χ1v) is 9.03. The highest BCUT2D eigenvalue weighted by Crippen LogP contribution is 2.26. The molecule has 0 radical (unpaired) electrons. The SMILES string of the molecule is CCCNC(=O)CN(CCC)CC(=O)N1CCCc2ccccc21. The summed E-state index contributed by atoms with van der Waals surface area (Å²) in [5.74, 6) is 0.0797. The highest BCUT2D eigenvalue weighted by atomic mass is 16.2. The molecule has 132 valence electrons. The molecular weight excluding hydrogens is 302 g/mol. The molecule has 5 nitrogen and oxygen atoms in total.